The summed E-state index contributed by atoms with van der Waals surface area (Å²) in [5, 5.41) is 17.3. The molecule has 0 amide bonds. The van der Waals surface area contributed by atoms with Gasteiger partial charge in [-0.05, 0) is 6.42 Å². The Kier molecular flexibility index (Phi) is 8.44. The highest BCUT2D eigenvalue weighted by Crippen LogP contribution is 2.09. The molecule has 0 unspecified atom stereocenters. The van der Waals surface area contributed by atoms with E-state index in [0.29, 0.717) is 6.42 Å². The molecule has 0 aromatic carbocycles. The highest BCUT2D eigenvalue weighted by molar-refractivity contribution is 5.06. The van der Waals surface area contributed by atoms with Crippen LogP contribution in [-0.2, 0) is 0 Å². The summed E-state index contributed by atoms with van der Waals surface area (Å²) in [5.41, 5.74) is 0. The number of aliphatic hydroxyl groups excluding tert-OH is 1. The van der Waals surface area contributed by atoms with Crippen molar-refractivity contribution in [2.45, 2.75) is 51.9 Å². The Morgan fingerprint density at radius 2 is 1.85 bits per heavy atom. The first-order valence-corrected chi connectivity index (χ1v) is 5.09. The standard InChI is InChI=1S/C11H19NO/c1-2-3-4-5-6-7-8-11(13)9-10-12/h9,13H,2-8H2,1H3/b11-9-. The largest absolute Gasteiger partial charge is 0.512 e. The van der Waals surface area contributed by atoms with Crippen LogP contribution in [0.5, 0.6) is 0 Å². The highest BCUT2D eigenvalue weighted by atomic mass is 16.3. The predicted molar refractivity (Wildman–Crippen MR) is 54.3 cm³/mol. The Labute approximate surface area is 80.9 Å². The quantitative estimate of drug-likeness (QED) is 0.369. The zero-order valence-electron chi connectivity index (χ0n) is 8.42. The minimum absolute atomic E-state index is 0.220. The molecule has 2 nitrogen and oxygen atoms in total. The van der Waals surface area contributed by atoms with Gasteiger partial charge < -0.3 is 5.11 Å². The molecule has 0 rings (SSSR count). The summed E-state index contributed by atoms with van der Waals surface area (Å²) in [4.78, 5) is 0. The Morgan fingerprint density at radius 3 is 2.46 bits per heavy atom. The first-order chi connectivity index (χ1) is 6.31. The van der Waals surface area contributed by atoms with Crippen molar-refractivity contribution in [1.82, 2.24) is 0 Å². The minimum atomic E-state index is 0.220. The smallest absolute Gasteiger partial charge is 0.103 e. The molecular formula is C11H19NO. The van der Waals surface area contributed by atoms with E-state index in [0.717, 1.165) is 12.8 Å². The number of aliphatic hydroxyl groups is 1. The van der Waals surface area contributed by atoms with Crippen molar-refractivity contribution >= 4 is 0 Å². The van der Waals surface area contributed by atoms with Gasteiger partial charge in [0.15, 0.2) is 0 Å². The second-order valence-electron chi connectivity index (χ2n) is 3.28. The molecule has 0 bridgehead atoms. The van der Waals surface area contributed by atoms with Crippen molar-refractivity contribution in [1.29, 1.82) is 5.26 Å². The van der Waals surface area contributed by atoms with Gasteiger partial charge in [-0.1, -0.05) is 39.0 Å². The molecular weight excluding hydrogens is 162 g/mol. The maximum atomic E-state index is 9.09. The predicted octanol–water partition coefficient (Wildman–Crippen LogP) is 3.70. The van der Waals surface area contributed by atoms with Crippen LogP contribution in [0.1, 0.15) is 51.9 Å². The SMILES string of the molecule is CCCCCCCC/C(O)=C/C#N. The Morgan fingerprint density at radius 1 is 1.23 bits per heavy atom. The first kappa shape index (κ1) is 12.0. The summed E-state index contributed by atoms with van der Waals surface area (Å²) in [6.07, 6.45) is 9.12. The van der Waals surface area contributed by atoms with E-state index in [9.17, 15) is 0 Å². The maximum absolute atomic E-state index is 9.09. The summed E-state index contributed by atoms with van der Waals surface area (Å²) >= 11 is 0. The number of nitrogens with zero attached hydrogens (tertiary/aromatic N) is 1. The van der Waals surface area contributed by atoms with Gasteiger partial charge in [-0.3, -0.25) is 0 Å². The van der Waals surface area contributed by atoms with Crippen molar-refractivity contribution in [2.75, 3.05) is 0 Å². The van der Waals surface area contributed by atoms with Crippen LogP contribution < -0.4 is 0 Å². The van der Waals surface area contributed by atoms with Crippen LogP contribution in [-0.4, -0.2) is 5.11 Å². The summed E-state index contributed by atoms with van der Waals surface area (Å²) in [7, 11) is 0. The molecule has 0 aliphatic carbocycles. The zero-order valence-corrected chi connectivity index (χ0v) is 8.42. The van der Waals surface area contributed by atoms with Crippen molar-refractivity contribution < 1.29 is 5.11 Å². The monoisotopic (exact) mass is 181 g/mol. The molecule has 0 aliphatic heterocycles. The molecule has 0 saturated heterocycles. The average Bonchev–Trinajstić information content (AvgIpc) is 2.11. The van der Waals surface area contributed by atoms with Crippen LogP contribution in [0.2, 0.25) is 0 Å². The second kappa shape index (κ2) is 9.12. The number of unbranched alkanes of at least 4 members (excludes halogenated alkanes) is 5. The van der Waals surface area contributed by atoms with Gasteiger partial charge in [-0.25, -0.2) is 0 Å². The topological polar surface area (TPSA) is 44.0 Å². The first-order valence-electron chi connectivity index (χ1n) is 5.09. The summed E-state index contributed by atoms with van der Waals surface area (Å²) in [6, 6.07) is 1.82. The van der Waals surface area contributed by atoms with Crippen LogP contribution >= 0.6 is 0 Å². The normalized spacial score (nSPS) is 11.2. The van der Waals surface area contributed by atoms with Gasteiger partial charge in [-0.2, -0.15) is 5.26 Å². The Hall–Kier alpha value is -0.970. The number of hydrogen-bond acceptors (Lipinski definition) is 2. The molecule has 74 valence electrons. The molecule has 0 heterocycles. The Balaban J connectivity index is 3.17. The summed E-state index contributed by atoms with van der Waals surface area (Å²) in [5.74, 6) is 0.220. The minimum Gasteiger partial charge on any atom is -0.512 e. The van der Waals surface area contributed by atoms with Crippen LogP contribution in [0.3, 0.4) is 0 Å². The van der Waals surface area contributed by atoms with E-state index in [4.69, 9.17) is 10.4 Å². The summed E-state index contributed by atoms with van der Waals surface area (Å²) in [6.45, 7) is 2.20. The van der Waals surface area contributed by atoms with E-state index in [1.807, 2.05) is 6.07 Å². The van der Waals surface area contributed by atoms with Gasteiger partial charge in [0.1, 0.15) is 5.76 Å². The summed E-state index contributed by atoms with van der Waals surface area (Å²) < 4.78 is 0. The highest BCUT2D eigenvalue weighted by Gasteiger charge is 1.93. The van der Waals surface area contributed by atoms with Gasteiger partial charge in [0.25, 0.3) is 0 Å². The molecule has 2 heteroatoms. The van der Waals surface area contributed by atoms with E-state index in [-0.39, 0.29) is 5.76 Å². The lowest BCUT2D eigenvalue weighted by Crippen LogP contribution is -1.83. The number of allylic oxidation sites excluding steroid dienone is 2. The van der Waals surface area contributed by atoms with Gasteiger partial charge >= 0.3 is 0 Å². The van der Waals surface area contributed by atoms with E-state index in [2.05, 4.69) is 6.92 Å². The van der Waals surface area contributed by atoms with Crippen molar-refractivity contribution in [2.24, 2.45) is 0 Å². The lowest BCUT2D eigenvalue weighted by Gasteiger charge is -1.99. The molecule has 0 fully saturated rings. The van der Waals surface area contributed by atoms with E-state index < -0.39 is 0 Å². The third kappa shape index (κ3) is 8.94. The van der Waals surface area contributed by atoms with Crippen molar-refractivity contribution in [3.8, 4) is 6.07 Å². The zero-order chi connectivity index (χ0) is 9.94. The van der Waals surface area contributed by atoms with Gasteiger partial charge in [-0.15, -0.1) is 0 Å². The fourth-order valence-corrected chi connectivity index (χ4v) is 1.23. The van der Waals surface area contributed by atoms with Crippen LogP contribution in [0, 0.1) is 11.3 Å². The average molecular weight is 181 g/mol. The number of nitriles is 1. The van der Waals surface area contributed by atoms with E-state index >= 15 is 0 Å². The van der Waals surface area contributed by atoms with Crippen molar-refractivity contribution in [3.05, 3.63) is 11.8 Å². The molecule has 0 saturated carbocycles. The van der Waals surface area contributed by atoms with Gasteiger partial charge in [0, 0.05) is 6.42 Å². The van der Waals surface area contributed by atoms with Crippen molar-refractivity contribution in [3.63, 3.8) is 0 Å². The molecule has 1 N–H and O–H groups in total. The molecule has 13 heavy (non-hydrogen) atoms. The number of rotatable bonds is 7. The molecule has 0 aromatic rings. The van der Waals surface area contributed by atoms with Crippen LogP contribution in [0.4, 0.5) is 0 Å². The van der Waals surface area contributed by atoms with Crippen LogP contribution in [0.25, 0.3) is 0 Å². The molecule has 0 aromatic heterocycles. The van der Waals surface area contributed by atoms with Crippen LogP contribution in [0.15, 0.2) is 11.8 Å². The second-order valence-corrected chi connectivity index (χ2v) is 3.28. The van der Waals surface area contributed by atoms with E-state index in [1.165, 1.54) is 31.8 Å². The molecule has 0 aliphatic rings. The fourth-order valence-electron chi connectivity index (χ4n) is 1.23. The fraction of sp³-hybridized carbons (Fsp3) is 0.727. The molecule has 0 radical (unpaired) electrons. The molecule has 0 atom stereocenters. The lowest BCUT2D eigenvalue weighted by molar-refractivity contribution is 0.380. The van der Waals surface area contributed by atoms with E-state index in [1.54, 1.807) is 0 Å². The van der Waals surface area contributed by atoms with Gasteiger partial charge in [0.2, 0.25) is 0 Å². The third-order valence-electron chi connectivity index (χ3n) is 2.02. The number of hydrogen-bond donors (Lipinski definition) is 1. The molecule has 0 spiro atoms. The van der Waals surface area contributed by atoms with Gasteiger partial charge in [0.05, 0.1) is 12.1 Å². The lowest BCUT2D eigenvalue weighted by atomic mass is 10.1. The maximum Gasteiger partial charge on any atom is 0.103 e. The Bertz CT molecular complexity index is 179. The third-order valence-corrected chi connectivity index (χ3v) is 2.02.